The molecule has 6 heteroatoms. The standard InChI is InChI=1S/C12H19ClN4S/c1-14-12-15-7-8(13)11(17-12)16-9-5-3-4-6-10(9)18-2/h7,9-10H,3-6H2,1-2H3,(H2,14,15,16,17). The lowest BCUT2D eigenvalue weighted by Crippen LogP contribution is -2.34. The molecular formula is C12H19ClN4S. The van der Waals surface area contributed by atoms with Crippen molar-refractivity contribution in [3.63, 3.8) is 0 Å². The highest BCUT2D eigenvalue weighted by molar-refractivity contribution is 7.99. The number of hydrogen-bond acceptors (Lipinski definition) is 5. The van der Waals surface area contributed by atoms with Crippen LogP contribution in [-0.4, -0.2) is 34.6 Å². The quantitative estimate of drug-likeness (QED) is 0.890. The van der Waals surface area contributed by atoms with Crippen molar-refractivity contribution in [3.05, 3.63) is 11.2 Å². The Morgan fingerprint density at radius 2 is 2.17 bits per heavy atom. The summed E-state index contributed by atoms with van der Waals surface area (Å²) in [4.78, 5) is 8.47. The van der Waals surface area contributed by atoms with E-state index in [0.29, 0.717) is 22.3 Å². The molecule has 4 nitrogen and oxygen atoms in total. The van der Waals surface area contributed by atoms with Gasteiger partial charge in [0, 0.05) is 18.3 Å². The molecule has 0 aromatic carbocycles. The van der Waals surface area contributed by atoms with Crippen LogP contribution >= 0.6 is 23.4 Å². The largest absolute Gasteiger partial charge is 0.365 e. The van der Waals surface area contributed by atoms with Crippen molar-refractivity contribution < 1.29 is 0 Å². The molecule has 1 saturated carbocycles. The molecule has 1 aromatic rings. The van der Waals surface area contributed by atoms with Gasteiger partial charge in [-0.1, -0.05) is 24.4 Å². The third-order valence-electron chi connectivity index (χ3n) is 3.30. The van der Waals surface area contributed by atoms with Gasteiger partial charge in [0.15, 0.2) is 5.82 Å². The molecule has 1 fully saturated rings. The predicted molar refractivity (Wildman–Crippen MR) is 79.8 cm³/mol. The number of anilines is 2. The summed E-state index contributed by atoms with van der Waals surface area (Å²) in [6.07, 6.45) is 8.85. The average molecular weight is 287 g/mol. The summed E-state index contributed by atoms with van der Waals surface area (Å²) in [7, 11) is 1.80. The first-order valence-electron chi connectivity index (χ1n) is 6.24. The molecule has 0 spiro atoms. The van der Waals surface area contributed by atoms with Crippen LogP contribution in [0.3, 0.4) is 0 Å². The number of hydrogen-bond donors (Lipinski definition) is 2. The van der Waals surface area contributed by atoms with Crippen molar-refractivity contribution in [1.82, 2.24) is 9.97 Å². The third-order valence-corrected chi connectivity index (χ3v) is 4.74. The van der Waals surface area contributed by atoms with E-state index < -0.39 is 0 Å². The molecule has 2 rings (SSSR count). The number of aromatic nitrogens is 2. The van der Waals surface area contributed by atoms with Gasteiger partial charge in [0.05, 0.1) is 6.20 Å². The second-order valence-electron chi connectivity index (χ2n) is 4.45. The Hall–Kier alpha value is -0.680. The van der Waals surface area contributed by atoms with Gasteiger partial charge in [0.25, 0.3) is 0 Å². The zero-order valence-corrected chi connectivity index (χ0v) is 12.3. The van der Waals surface area contributed by atoms with E-state index in [1.54, 1.807) is 13.2 Å². The van der Waals surface area contributed by atoms with Crippen LogP contribution in [0.25, 0.3) is 0 Å². The zero-order chi connectivity index (χ0) is 13.0. The number of halogens is 1. The molecule has 2 unspecified atom stereocenters. The van der Waals surface area contributed by atoms with E-state index in [2.05, 4.69) is 26.9 Å². The van der Waals surface area contributed by atoms with Gasteiger partial charge >= 0.3 is 0 Å². The molecule has 2 atom stereocenters. The molecule has 0 bridgehead atoms. The van der Waals surface area contributed by atoms with E-state index in [1.165, 1.54) is 25.7 Å². The van der Waals surface area contributed by atoms with Crippen molar-refractivity contribution in [2.75, 3.05) is 23.9 Å². The van der Waals surface area contributed by atoms with Gasteiger partial charge < -0.3 is 10.6 Å². The lowest BCUT2D eigenvalue weighted by molar-refractivity contribution is 0.474. The summed E-state index contributed by atoms with van der Waals surface area (Å²) < 4.78 is 0. The number of rotatable bonds is 4. The fourth-order valence-electron chi connectivity index (χ4n) is 2.31. The average Bonchev–Trinajstić information content (AvgIpc) is 2.42. The van der Waals surface area contributed by atoms with Gasteiger partial charge in [-0.2, -0.15) is 16.7 Å². The first kappa shape index (κ1) is 13.7. The van der Waals surface area contributed by atoms with E-state index in [4.69, 9.17) is 11.6 Å². The van der Waals surface area contributed by atoms with Crippen LogP contribution < -0.4 is 10.6 Å². The first-order valence-corrected chi connectivity index (χ1v) is 7.90. The van der Waals surface area contributed by atoms with Gasteiger partial charge in [-0.05, 0) is 19.1 Å². The van der Waals surface area contributed by atoms with Crippen molar-refractivity contribution >= 4 is 35.1 Å². The lowest BCUT2D eigenvalue weighted by atomic mass is 9.95. The van der Waals surface area contributed by atoms with Crippen LogP contribution in [0, 0.1) is 0 Å². The van der Waals surface area contributed by atoms with Crippen molar-refractivity contribution in [3.8, 4) is 0 Å². The topological polar surface area (TPSA) is 49.8 Å². The SMILES string of the molecule is CNc1ncc(Cl)c(NC2CCCCC2SC)n1. The maximum absolute atomic E-state index is 6.14. The Bertz CT molecular complexity index is 402. The summed E-state index contributed by atoms with van der Waals surface area (Å²) >= 11 is 8.07. The Balaban J connectivity index is 2.11. The minimum absolute atomic E-state index is 0.450. The molecule has 0 amide bonds. The molecule has 2 N–H and O–H groups in total. The second-order valence-corrected chi connectivity index (χ2v) is 5.93. The van der Waals surface area contributed by atoms with Crippen LogP contribution in [0.5, 0.6) is 0 Å². The highest BCUT2D eigenvalue weighted by Crippen LogP contribution is 2.30. The van der Waals surface area contributed by atoms with Gasteiger partial charge in [-0.3, -0.25) is 0 Å². The van der Waals surface area contributed by atoms with E-state index in [9.17, 15) is 0 Å². The van der Waals surface area contributed by atoms with Gasteiger partial charge in [-0.25, -0.2) is 4.98 Å². The summed E-state index contributed by atoms with van der Waals surface area (Å²) in [6.45, 7) is 0. The zero-order valence-electron chi connectivity index (χ0n) is 10.7. The fourth-order valence-corrected chi connectivity index (χ4v) is 3.39. The van der Waals surface area contributed by atoms with Crippen molar-refractivity contribution in [1.29, 1.82) is 0 Å². The Labute approximate surface area is 117 Å². The van der Waals surface area contributed by atoms with E-state index in [-0.39, 0.29) is 0 Å². The van der Waals surface area contributed by atoms with E-state index in [1.807, 2.05) is 11.8 Å². The van der Waals surface area contributed by atoms with E-state index in [0.717, 1.165) is 5.82 Å². The monoisotopic (exact) mass is 286 g/mol. The van der Waals surface area contributed by atoms with Crippen LogP contribution in [0.2, 0.25) is 5.02 Å². The number of thioether (sulfide) groups is 1. The summed E-state index contributed by atoms with van der Waals surface area (Å²) in [5.74, 6) is 1.33. The predicted octanol–water partition coefficient (Wildman–Crippen LogP) is 3.26. The minimum Gasteiger partial charge on any atom is -0.365 e. The lowest BCUT2D eigenvalue weighted by Gasteiger charge is -2.31. The molecule has 1 aliphatic rings. The molecule has 1 aliphatic carbocycles. The Morgan fingerprint density at radius 1 is 1.39 bits per heavy atom. The molecule has 1 heterocycles. The third kappa shape index (κ3) is 3.20. The normalized spacial score (nSPS) is 23.7. The number of nitrogens with one attached hydrogen (secondary N) is 2. The molecule has 1 aromatic heterocycles. The Kier molecular flexibility index (Phi) is 4.95. The maximum Gasteiger partial charge on any atom is 0.224 e. The van der Waals surface area contributed by atoms with Crippen LogP contribution in [-0.2, 0) is 0 Å². The van der Waals surface area contributed by atoms with E-state index >= 15 is 0 Å². The van der Waals surface area contributed by atoms with Crippen molar-refractivity contribution in [2.45, 2.75) is 37.0 Å². The minimum atomic E-state index is 0.450. The first-order chi connectivity index (χ1) is 8.74. The molecular weight excluding hydrogens is 268 g/mol. The molecule has 0 aliphatic heterocycles. The van der Waals surface area contributed by atoms with Crippen LogP contribution in [0.15, 0.2) is 6.20 Å². The molecule has 0 saturated heterocycles. The maximum atomic E-state index is 6.14. The fraction of sp³-hybridized carbons (Fsp3) is 0.667. The summed E-state index contributed by atoms with van der Waals surface area (Å²) in [5.41, 5.74) is 0. The highest BCUT2D eigenvalue weighted by atomic mass is 35.5. The van der Waals surface area contributed by atoms with Crippen LogP contribution in [0.1, 0.15) is 25.7 Å². The van der Waals surface area contributed by atoms with Gasteiger partial charge in [-0.15, -0.1) is 0 Å². The Morgan fingerprint density at radius 3 is 2.89 bits per heavy atom. The molecule has 100 valence electrons. The van der Waals surface area contributed by atoms with Crippen LogP contribution in [0.4, 0.5) is 11.8 Å². The molecule has 0 radical (unpaired) electrons. The second kappa shape index (κ2) is 6.48. The van der Waals surface area contributed by atoms with Gasteiger partial charge in [0.1, 0.15) is 5.02 Å². The smallest absolute Gasteiger partial charge is 0.224 e. The highest BCUT2D eigenvalue weighted by Gasteiger charge is 2.25. The van der Waals surface area contributed by atoms with Gasteiger partial charge in [0.2, 0.25) is 5.95 Å². The van der Waals surface area contributed by atoms with Crippen molar-refractivity contribution in [2.24, 2.45) is 0 Å². The number of nitrogens with zero attached hydrogens (tertiary/aromatic N) is 2. The summed E-state index contributed by atoms with van der Waals surface area (Å²) in [5, 5.41) is 7.64. The summed E-state index contributed by atoms with van der Waals surface area (Å²) in [6, 6.07) is 0.450. The molecule has 18 heavy (non-hydrogen) atoms.